The predicted octanol–water partition coefficient (Wildman–Crippen LogP) is 4.06. The van der Waals surface area contributed by atoms with Crippen molar-refractivity contribution in [1.29, 1.82) is 0 Å². The average Bonchev–Trinajstić information content (AvgIpc) is 2.91. The molecular formula is C17H24O4S. The van der Waals surface area contributed by atoms with E-state index in [-0.39, 0.29) is 24.1 Å². The molecule has 1 atom stereocenters. The van der Waals surface area contributed by atoms with E-state index in [9.17, 15) is 4.79 Å². The minimum atomic E-state index is -0.569. The molecule has 1 aromatic rings. The van der Waals surface area contributed by atoms with E-state index in [0.717, 1.165) is 11.5 Å². The zero-order valence-electron chi connectivity index (χ0n) is 13.7. The van der Waals surface area contributed by atoms with Crippen LogP contribution in [-0.2, 0) is 9.53 Å². The molecule has 0 spiro atoms. The van der Waals surface area contributed by atoms with Gasteiger partial charge in [0.15, 0.2) is 17.6 Å². The standard InChI is InChI=1S/C17H24O4S/c1-6-16(2,3)11-17(4,5)15(18)20-8-12-7-19-13-9-22-10-14(13)21-12/h6,9-10,12H,1,7-8,11H2,2-5H3. The van der Waals surface area contributed by atoms with Crippen molar-refractivity contribution in [2.75, 3.05) is 13.2 Å². The predicted molar refractivity (Wildman–Crippen MR) is 87.6 cm³/mol. The van der Waals surface area contributed by atoms with Gasteiger partial charge in [0, 0.05) is 10.8 Å². The molecule has 1 unspecified atom stereocenters. The van der Waals surface area contributed by atoms with E-state index < -0.39 is 5.41 Å². The van der Waals surface area contributed by atoms with E-state index in [1.165, 1.54) is 11.3 Å². The fraction of sp³-hybridized carbons (Fsp3) is 0.588. The molecule has 0 N–H and O–H groups in total. The van der Waals surface area contributed by atoms with Crippen LogP contribution in [-0.4, -0.2) is 25.3 Å². The summed E-state index contributed by atoms with van der Waals surface area (Å²) in [6, 6.07) is 0. The van der Waals surface area contributed by atoms with Crippen LogP contribution in [0.2, 0.25) is 0 Å². The van der Waals surface area contributed by atoms with Crippen molar-refractivity contribution in [1.82, 2.24) is 0 Å². The number of hydrogen-bond donors (Lipinski definition) is 0. The van der Waals surface area contributed by atoms with E-state index in [0.29, 0.717) is 13.0 Å². The lowest BCUT2D eigenvalue weighted by molar-refractivity contribution is -0.158. The smallest absolute Gasteiger partial charge is 0.311 e. The van der Waals surface area contributed by atoms with Gasteiger partial charge >= 0.3 is 5.97 Å². The molecule has 4 nitrogen and oxygen atoms in total. The molecule has 122 valence electrons. The molecule has 0 bridgehead atoms. The Bertz CT molecular complexity index is 545. The number of allylic oxidation sites excluding steroid dienone is 1. The number of hydrogen-bond acceptors (Lipinski definition) is 5. The Hall–Kier alpha value is -1.49. The molecule has 2 rings (SSSR count). The molecule has 1 aliphatic rings. The minimum absolute atomic E-state index is 0.113. The lowest BCUT2D eigenvalue weighted by Gasteiger charge is -2.32. The second-order valence-electron chi connectivity index (χ2n) is 7.00. The normalized spacial score (nSPS) is 17.9. The van der Waals surface area contributed by atoms with E-state index in [1.807, 2.05) is 30.7 Å². The fourth-order valence-electron chi connectivity index (χ4n) is 2.59. The Morgan fingerprint density at radius 3 is 2.77 bits per heavy atom. The third-order valence-corrected chi connectivity index (χ3v) is 4.41. The molecule has 0 saturated heterocycles. The summed E-state index contributed by atoms with van der Waals surface area (Å²) in [7, 11) is 0. The van der Waals surface area contributed by atoms with Gasteiger partial charge in [-0.15, -0.1) is 17.9 Å². The summed E-state index contributed by atoms with van der Waals surface area (Å²) < 4.78 is 16.8. The van der Waals surface area contributed by atoms with Gasteiger partial charge in [-0.05, 0) is 25.7 Å². The SMILES string of the molecule is C=CC(C)(C)CC(C)(C)C(=O)OCC1COc2cscc2O1. The van der Waals surface area contributed by atoms with Crippen molar-refractivity contribution in [3.05, 3.63) is 23.4 Å². The van der Waals surface area contributed by atoms with Crippen molar-refractivity contribution in [3.8, 4) is 11.5 Å². The number of carbonyl (C=O) groups excluding carboxylic acids is 1. The number of thiophene rings is 1. The third kappa shape index (κ3) is 4.03. The monoisotopic (exact) mass is 324 g/mol. The van der Waals surface area contributed by atoms with Crippen molar-refractivity contribution >= 4 is 17.3 Å². The second kappa shape index (κ2) is 6.32. The van der Waals surface area contributed by atoms with Crippen LogP contribution in [0.5, 0.6) is 11.5 Å². The van der Waals surface area contributed by atoms with Gasteiger partial charge < -0.3 is 14.2 Å². The lowest BCUT2D eigenvalue weighted by Crippen LogP contribution is -2.37. The summed E-state index contributed by atoms with van der Waals surface area (Å²) in [5.41, 5.74) is -0.681. The van der Waals surface area contributed by atoms with Gasteiger partial charge in [0.2, 0.25) is 0 Å². The first-order valence-corrected chi connectivity index (χ1v) is 8.34. The summed E-state index contributed by atoms with van der Waals surface area (Å²) in [4.78, 5) is 12.3. The van der Waals surface area contributed by atoms with E-state index in [1.54, 1.807) is 0 Å². The molecule has 0 aromatic carbocycles. The quantitative estimate of drug-likeness (QED) is 0.585. The van der Waals surface area contributed by atoms with Gasteiger partial charge in [-0.3, -0.25) is 4.79 Å². The number of carbonyl (C=O) groups is 1. The molecule has 1 aliphatic heterocycles. The molecule has 2 heterocycles. The molecule has 0 fully saturated rings. The van der Waals surface area contributed by atoms with Crippen LogP contribution in [0.15, 0.2) is 23.4 Å². The molecule has 0 saturated carbocycles. The third-order valence-electron chi connectivity index (χ3n) is 3.71. The fourth-order valence-corrected chi connectivity index (χ4v) is 3.26. The van der Waals surface area contributed by atoms with Crippen LogP contribution in [0.25, 0.3) is 0 Å². The van der Waals surface area contributed by atoms with Crippen molar-refractivity contribution in [3.63, 3.8) is 0 Å². The highest BCUT2D eigenvalue weighted by Crippen LogP contribution is 2.37. The van der Waals surface area contributed by atoms with Crippen LogP contribution < -0.4 is 9.47 Å². The van der Waals surface area contributed by atoms with Crippen LogP contribution >= 0.6 is 11.3 Å². The Morgan fingerprint density at radius 2 is 2.09 bits per heavy atom. The van der Waals surface area contributed by atoms with Gasteiger partial charge in [0.1, 0.15) is 13.2 Å². The van der Waals surface area contributed by atoms with Gasteiger partial charge in [-0.2, -0.15) is 0 Å². The number of rotatable bonds is 6. The van der Waals surface area contributed by atoms with E-state index in [2.05, 4.69) is 20.4 Å². The molecule has 1 aromatic heterocycles. The molecular weight excluding hydrogens is 300 g/mol. The Balaban J connectivity index is 1.86. The van der Waals surface area contributed by atoms with Crippen molar-refractivity contribution in [2.45, 2.75) is 40.2 Å². The number of esters is 1. The largest absolute Gasteiger partial charge is 0.485 e. The highest BCUT2D eigenvalue weighted by molar-refractivity contribution is 7.08. The summed E-state index contributed by atoms with van der Waals surface area (Å²) in [5.74, 6) is 1.27. The molecule has 0 amide bonds. The Morgan fingerprint density at radius 1 is 1.41 bits per heavy atom. The molecule has 0 radical (unpaired) electrons. The minimum Gasteiger partial charge on any atom is -0.485 e. The molecule has 5 heteroatoms. The summed E-state index contributed by atoms with van der Waals surface area (Å²) in [6.45, 7) is 12.3. The first-order chi connectivity index (χ1) is 10.2. The lowest BCUT2D eigenvalue weighted by atomic mass is 9.75. The van der Waals surface area contributed by atoms with Crippen LogP contribution in [0, 0.1) is 10.8 Å². The topological polar surface area (TPSA) is 44.8 Å². The van der Waals surface area contributed by atoms with E-state index >= 15 is 0 Å². The Kier molecular flexibility index (Phi) is 4.85. The maximum absolute atomic E-state index is 12.3. The second-order valence-corrected chi connectivity index (χ2v) is 7.75. The zero-order chi connectivity index (χ0) is 16.4. The first-order valence-electron chi connectivity index (χ1n) is 7.40. The molecule has 22 heavy (non-hydrogen) atoms. The number of fused-ring (bicyclic) bond motifs is 1. The maximum atomic E-state index is 12.3. The van der Waals surface area contributed by atoms with Gasteiger partial charge in [-0.1, -0.05) is 19.9 Å². The summed E-state index contributed by atoms with van der Waals surface area (Å²) in [6.07, 6.45) is 2.30. The van der Waals surface area contributed by atoms with Crippen molar-refractivity contribution < 1.29 is 19.0 Å². The van der Waals surface area contributed by atoms with Gasteiger partial charge in [-0.25, -0.2) is 0 Å². The highest BCUT2D eigenvalue weighted by Gasteiger charge is 2.35. The summed E-state index contributed by atoms with van der Waals surface area (Å²) in [5, 5.41) is 3.79. The highest BCUT2D eigenvalue weighted by atomic mass is 32.1. The zero-order valence-corrected chi connectivity index (χ0v) is 14.5. The summed E-state index contributed by atoms with van der Waals surface area (Å²) >= 11 is 1.53. The van der Waals surface area contributed by atoms with Crippen LogP contribution in [0.4, 0.5) is 0 Å². The van der Waals surface area contributed by atoms with Crippen LogP contribution in [0.1, 0.15) is 34.1 Å². The first kappa shape index (κ1) is 16.9. The molecule has 0 aliphatic carbocycles. The van der Waals surface area contributed by atoms with E-state index in [4.69, 9.17) is 14.2 Å². The van der Waals surface area contributed by atoms with Gasteiger partial charge in [0.05, 0.1) is 5.41 Å². The number of ether oxygens (including phenoxy) is 3. The maximum Gasteiger partial charge on any atom is 0.311 e. The van der Waals surface area contributed by atoms with Crippen molar-refractivity contribution in [2.24, 2.45) is 10.8 Å². The Labute approximate surface area is 136 Å². The average molecular weight is 324 g/mol. The van der Waals surface area contributed by atoms with Crippen LogP contribution in [0.3, 0.4) is 0 Å². The van der Waals surface area contributed by atoms with Gasteiger partial charge in [0.25, 0.3) is 0 Å².